The molecule has 0 radical (unpaired) electrons. The number of nitrogens with zero attached hydrogens (tertiary/aromatic N) is 1. The summed E-state index contributed by atoms with van der Waals surface area (Å²) in [5.74, 6) is 0.406. The van der Waals surface area contributed by atoms with Crippen molar-refractivity contribution < 1.29 is 14.5 Å². The average molecular weight is 363 g/mol. The lowest BCUT2D eigenvalue weighted by Crippen LogP contribution is -2.28. The van der Waals surface area contributed by atoms with Crippen LogP contribution in [0.3, 0.4) is 0 Å². The number of benzene rings is 2. The van der Waals surface area contributed by atoms with Crippen LogP contribution in [0.15, 0.2) is 36.4 Å². The molecule has 25 heavy (non-hydrogen) atoms. The molecule has 0 spiro atoms. The van der Waals surface area contributed by atoms with E-state index < -0.39 is 4.92 Å². The van der Waals surface area contributed by atoms with E-state index in [0.29, 0.717) is 6.42 Å². The molecule has 7 heteroatoms. The summed E-state index contributed by atoms with van der Waals surface area (Å²) in [6.45, 7) is 3.89. The molecular formula is C18H19ClN2O4. The number of hydrogen-bond donors (Lipinski definition) is 1. The van der Waals surface area contributed by atoms with Gasteiger partial charge in [-0.25, -0.2) is 0 Å². The van der Waals surface area contributed by atoms with Gasteiger partial charge in [0.05, 0.1) is 28.7 Å². The van der Waals surface area contributed by atoms with Gasteiger partial charge in [0.1, 0.15) is 5.75 Å². The van der Waals surface area contributed by atoms with Crippen LogP contribution in [0.4, 0.5) is 5.69 Å². The van der Waals surface area contributed by atoms with E-state index in [1.165, 1.54) is 18.2 Å². The summed E-state index contributed by atoms with van der Waals surface area (Å²) in [6, 6.07) is 9.32. The minimum absolute atomic E-state index is 0.0486. The van der Waals surface area contributed by atoms with Gasteiger partial charge in [-0.3, -0.25) is 14.9 Å². The van der Waals surface area contributed by atoms with Crippen LogP contribution in [-0.2, 0) is 0 Å². The second kappa shape index (κ2) is 7.98. The molecular weight excluding hydrogens is 344 g/mol. The zero-order chi connectivity index (χ0) is 18.6. The number of amides is 1. The first kappa shape index (κ1) is 18.7. The molecule has 0 unspecified atom stereocenters. The normalized spacial score (nSPS) is 11.7. The number of aryl methyl sites for hydroxylation is 1. The third-order valence-corrected chi connectivity index (χ3v) is 4.26. The Morgan fingerprint density at radius 3 is 2.56 bits per heavy atom. The van der Waals surface area contributed by atoms with E-state index in [9.17, 15) is 14.9 Å². The summed E-state index contributed by atoms with van der Waals surface area (Å²) in [7, 11) is 1.61. The van der Waals surface area contributed by atoms with Crippen LogP contribution >= 0.6 is 11.6 Å². The van der Waals surface area contributed by atoms with Crippen molar-refractivity contribution in [2.45, 2.75) is 26.3 Å². The molecule has 0 aliphatic heterocycles. The maximum Gasteiger partial charge on any atom is 0.270 e. The number of halogens is 1. The van der Waals surface area contributed by atoms with Crippen LogP contribution in [0.5, 0.6) is 5.75 Å². The molecule has 2 aromatic rings. The van der Waals surface area contributed by atoms with E-state index in [1.54, 1.807) is 7.11 Å². The first-order valence-corrected chi connectivity index (χ1v) is 8.14. The first-order chi connectivity index (χ1) is 11.9. The van der Waals surface area contributed by atoms with Gasteiger partial charge < -0.3 is 10.1 Å². The molecule has 0 fully saturated rings. The van der Waals surface area contributed by atoms with Gasteiger partial charge >= 0.3 is 0 Å². The molecule has 0 saturated carbocycles. The van der Waals surface area contributed by atoms with Gasteiger partial charge in [0, 0.05) is 12.1 Å². The summed E-state index contributed by atoms with van der Waals surface area (Å²) >= 11 is 6.02. The van der Waals surface area contributed by atoms with E-state index in [0.717, 1.165) is 16.9 Å². The predicted octanol–water partition coefficient (Wildman–Crippen LogP) is 4.45. The Bertz CT molecular complexity index is 808. The van der Waals surface area contributed by atoms with Gasteiger partial charge in [-0.1, -0.05) is 30.7 Å². The molecule has 0 saturated heterocycles. The Kier molecular flexibility index (Phi) is 5.98. The summed E-state index contributed by atoms with van der Waals surface area (Å²) in [5.41, 5.74) is 1.98. The van der Waals surface area contributed by atoms with E-state index in [4.69, 9.17) is 16.3 Å². The highest BCUT2D eigenvalue weighted by molar-refractivity contribution is 6.34. The van der Waals surface area contributed by atoms with Gasteiger partial charge in [0.25, 0.3) is 11.6 Å². The number of carbonyl (C=O) groups excluding carboxylic acids is 1. The molecule has 0 aliphatic carbocycles. The van der Waals surface area contributed by atoms with Crippen molar-refractivity contribution in [2.24, 2.45) is 0 Å². The summed E-state index contributed by atoms with van der Waals surface area (Å²) in [4.78, 5) is 22.7. The molecule has 2 aromatic carbocycles. The second-order valence-corrected chi connectivity index (χ2v) is 5.99. The van der Waals surface area contributed by atoms with Gasteiger partial charge in [-0.15, -0.1) is 0 Å². The lowest BCUT2D eigenvalue weighted by molar-refractivity contribution is -0.384. The van der Waals surface area contributed by atoms with E-state index in [-0.39, 0.29) is 28.2 Å². The fourth-order valence-electron chi connectivity index (χ4n) is 2.58. The van der Waals surface area contributed by atoms with Crippen molar-refractivity contribution in [3.05, 3.63) is 68.2 Å². The van der Waals surface area contributed by atoms with Gasteiger partial charge in [-0.2, -0.15) is 0 Å². The highest BCUT2D eigenvalue weighted by atomic mass is 35.5. The summed E-state index contributed by atoms with van der Waals surface area (Å²) in [6.07, 6.45) is 0.683. The number of hydrogen-bond acceptors (Lipinski definition) is 4. The minimum atomic E-state index is -0.553. The monoisotopic (exact) mass is 362 g/mol. The highest BCUT2D eigenvalue weighted by Gasteiger charge is 2.19. The van der Waals surface area contributed by atoms with Crippen molar-refractivity contribution in [1.82, 2.24) is 5.32 Å². The van der Waals surface area contributed by atoms with Crippen molar-refractivity contribution in [1.29, 1.82) is 0 Å². The number of methoxy groups -OCH3 is 1. The average Bonchev–Trinajstić information content (AvgIpc) is 2.59. The van der Waals surface area contributed by atoms with Crippen LogP contribution in [0.25, 0.3) is 0 Å². The molecule has 0 bridgehead atoms. The molecule has 0 heterocycles. The van der Waals surface area contributed by atoms with Gasteiger partial charge in [0.2, 0.25) is 0 Å². The SMILES string of the molecule is CC[C@@H](NC(=O)c1ccc([N+](=O)[O-])cc1Cl)c1ccc(OC)c(C)c1. The largest absolute Gasteiger partial charge is 0.496 e. The topological polar surface area (TPSA) is 81.5 Å². The molecule has 6 nitrogen and oxygen atoms in total. The Labute approximate surface area is 150 Å². The lowest BCUT2D eigenvalue weighted by atomic mass is 10.0. The maximum atomic E-state index is 12.5. The van der Waals surface area contributed by atoms with E-state index in [2.05, 4.69) is 5.32 Å². The van der Waals surface area contributed by atoms with Crippen LogP contribution in [0.2, 0.25) is 5.02 Å². The number of carbonyl (C=O) groups is 1. The van der Waals surface area contributed by atoms with Crippen molar-refractivity contribution >= 4 is 23.2 Å². The molecule has 0 aliphatic rings. The molecule has 1 amide bonds. The van der Waals surface area contributed by atoms with Crippen molar-refractivity contribution in [3.8, 4) is 5.75 Å². The predicted molar refractivity (Wildman–Crippen MR) is 96.3 cm³/mol. The third kappa shape index (κ3) is 4.28. The Balaban J connectivity index is 2.22. The quantitative estimate of drug-likeness (QED) is 0.608. The standard InChI is InChI=1S/C18H19ClN2O4/c1-4-16(12-5-8-17(25-3)11(2)9-12)20-18(22)14-7-6-13(21(23)24)10-15(14)19/h5-10,16H,4H2,1-3H3,(H,20,22)/t16-/m1/s1. The number of rotatable bonds is 6. The number of non-ortho nitro benzene ring substituents is 1. The van der Waals surface area contributed by atoms with Gasteiger partial charge in [0.15, 0.2) is 0 Å². The molecule has 1 atom stereocenters. The van der Waals surface area contributed by atoms with Crippen LogP contribution in [0.1, 0.15) is 40.9 Å². The maximum absolute atomic E-state index is 12.5. The molecule has 132 valence electrons. The summed E-state index contributed by atoms with van der Waals surface area (Å²) in [5, 5.41) is 13.7. The number of nitro benzene ring substituents is 1. The first-order valence-electron chi connectivity index (χ1n) is 7.76. The van der Waals surface area contributed by atoms with Crippen LogP contribution < -0.4 is 10.1 Å². The Morgan fingerprint density at radius 1 is 1.32 bits per heavy atom. The number of nitrogens with one attached hydrogen (secondary N) is 1. The highest BCUT2D eigenvalue weighted by Crippen LogP contribution is 2.26. The van der Waals surface area contributed by atoms with E-state index >= 15 is 0 Å². The van der Waals surface area contributed by atoms with Crippen LogP contribution in [-0.4, -0.2) is 17.9 Å². The molecule has 0 aromatic heterocycles. The van der Waals surface area contributed by atoms with Crippen molar-refractivity contribution in [3.63, 3.8) is 0 Å². The van der Waals surface area contributed by atoms with Crippen molar-refractivity contribution in [2.75, 3.05) is 7.11 Å². The molecule has 1 N–H and O–H groups in total. The lowest BCUT2D eigenvalue weighted by Gasteiger charge is -2.19. The van der Waals surface area contributed by atoms with Gasteiger partial charge in [-0.05, 0) is 36.6 Å². The fourth-order valence-corrected chi connectivity index (χ4v) is 2.84. The zero-order valence-electron chi connectivity index (χ0n) is 14.2. The van der Waals surface area contributed by atoms with Crippen LogP contribution in [0, 0.1) is 17.0 Å². The zero-order valence-corrected chi connectivity index (χ0v) is 15.0. The summed E-state index contributed by atoms with van der Waals surface area (Å²) < 4.78 is 5.25. The minimum Gasteiger partial charge on any atom is -0.496 e. The second-order valence-electron chi connectivity index (χ2n) is 5.58. The Morgan fingerprint density at radius 2 is 2.04 bits per heavy atom. The number of ether oxygens (including phenoxy) is 1. The fraction of sp³-hybridized carbons (Fsp3) is 0.278. The third-order valence-electron chi connectivity index (χ3n) is 3.94. The Hall–Kier alpha value is -2.60. The number of nitro groups is 1. The molecule has 2 rings (SSSR count). The smallest absolute Gasteiger partial charge is 0.270 e. The van der Waals surface area contributed by atoms with E-state index in [1.807, 2.05) is 32.0 Å².